The van der Waals surface area contributed by atoms with Crippen molar-refractivity contribution in [1.82, 2.24) is 35.0 Å². The van der Waals surface area contributed by atoms with Crippen molar-refractivity contribution in [3.8, 4) is 0 Å². The van der Waals surface area contributed by atoms with Crippen LogP contribution in [0.1, 0.15) is 59.9 Å². The van der Waals surface area contributed by atoms with Crippen LogP contribution in [0.5, 0.6) is 0 Å². The minimum Gasteiger partial charge on any atom is -0.443 e. The number of amides is 2. The van der Waals surface area contributed by atoms with Gasteiger partial charge >= 0.3 is 6.09 Å². The third kappa shape index (κ3) is 4.38. The number of H-pyrrole nitrogens is 1. The summed E-state index contributed by atoms with van der Waals surface area (Å²) in [5.41, 5.74) is 2.17. The maximum absolute atomic E-state index is 15.3. The number of ether oxygens (including phenoxy) is 2. The average Bonchev–Trinajstić information content (AvgIpc) is 3.60. The third-order valence-corrected chi connectivity index (χ3v) is 8.50. The van der Waals surface area contributed by atoms with Crippen LogP contribution in [0.2, 0.25) is 0 Å². The standard InChI is InChI=1S/C26H31FN8O4/c1-14-13-35-19(8-18(33-35)24(36)34-4-6-38-7-5-34)23(28-14)29-21-9-17(31-32-21)16-2-3-20(22(16)27)39-25(37)30-26-10-15(11-26)12-26/h8-9,13,15-16,20,22H,2-7,10-12H2,1H3,(H,30,37)(H2,28,29,31,32)/t15?,16-,20-,22-,26?/m1/s1. The Balaban J connectivity index is 1.03. The van der Waals surface area contributed by atoms with Gasteiger partial charge in [0, 0.05) is 42.4 Å². The number of hydrogen-bond donors (Lipinski definition) is 3. The van der Waals surface area contributed by atoms with Crippen LogP contribution in [0.25, 0.3) is 5.52 Å². The van der Waals surface area contributed by atoms with Gasteiger partial charge in [0.2, 0.25) is 0 Å². The van der Waals surface area contributed by atoms with Crippen LogP contribution in [-0.4, -0.2) is 85.8 Å². The highest BCUT2D eigenvalue weighted by atomic mass is 19.1. The van der Waals surface area contributed by atoms with Crippen molar-refractivity contribution < 1.29 is 23.5 Å². The fourth-order valence-electron chi connectivity index (χ4n) is 6.33. The number of fused-ring (bicyclic) bond motifs is 1. The zero-order valence-corrected chi connectivity index (χ0v) is 21.7. The van der Waals surface area contributed by atoms with E-state index in [0.29, 0.717) is 73.4 Å². The van der Waals surface area contributed by atoms with Gasteiger partial charge in [0.05, 0.1) is 25.1 Å². The molecule has 206 valence electrons. The predicted molar refractivity (Wildman–Crippen MR) is 137 cm³/mol. The van der Waals surface area contributed by atoms with Gasteiger partial charge in [0.1, 0.15) is 17.8 Å². The lowest BCUT2D eigenvalue weighted by atomic mass is 9.50. The van der Waals surface area contributed by atoms with E-state index in [-0.39, 0.29) is 11.4 Å². The fraction of sp³-hybridized carbons (Fsp3) is 0.577. The molecule has 1 aliphatic heterocycles. The highest BCUT2D eigenvalue weighted by molar-refractivity contribution is 5.94. The molecule has 4 saturated carbocycles. The quantitative estimate of drug-likeness (QED) is 0.436. The molecule has 39 heavy (non-hydrogen) atoms. The van der Waals surface area contributed by atoms with E-state index >= 15 is 4.39 Å². The van der Waals surface area contributed by atoms with Crippen LogP contribution in [0.4, 0.5) is 20.8 Å². The van der Waals surface area contributed by atoms with Gasteiger partial charge in [-0.2, -0.15) is 10.2 Å². The topological polar surface area (TPSA) is 139 Å². The van der Waals surface area contributed by atoms with Crippen molar-refractivity contribution in [2.45, 2.75) is 62.8 Å². The summed E-state index contributed by atoms with van der Waals surface area (Å²) >= 11 is 0. The van der Waals surface area contributed by atoms with E-state index in [1.54, 1.807) is 27.7 Å². The molecule has 3 aromatic heterocycles. The monoisotopic (exact) mass is 538 g/mol. The Morgan fingerprint density at radius 1 is 1.21 bits per heavy atom. The van der Waals surface area contributed by atoms with Crippen LogP contribution in [0.15, 0.2) is 18.3 Å². The fourth-order valence-corrected chi connectivity index (χ4v) is 6.33. The van der Waals surface area contributed by atoms with Gasteiger partial charge in [-0.1, -0.05) is 0 Å². The first-order valence-corrected chi connectivity index (χ1v) is 13.6. The summed E-state index contributed by atoms with van der Waals surface area (Å²) in [5, 5.41) is 17.9. The lowest BCUT2D eigenvalue weighted by Crippen LogP contribution is -2.68. The van der Waals surface area contributed by atoms with Crippen molar-refractivity contribution >= 4 is 29.2 Å². The zero-order valence-electron chi connectivity index (χ0n) is 21.7. The maximum Gasteiger partial charge on any atom is 0.407 e. The predicted octanol–water partition coefficient (Wildman–Crippen LogP) is 2.84. The molecular weight excluding hydrogens is 507 g/mol. The Bertz CT molecular complexity index is 1420. The van der Waals surface area contributed by atoms with Gasteiger partial charge < -0.3 is 25.0 Å². The first-order valence-electron chi connectivity index (χ1n) is 13.6. The number of nitrogens with one attached hydrogen (secondary N) is 3. The first kappa shape index (κ1) is 24.3. The van der Waals surface area contributed by atoms with Crippen molar-refractivity contribution in [2.24, 2.45) is 5.92 Å². The number of rotatable bonds is 6. The number of halogens is 1. The summed E-state index contributed by atoms with van der Waals surface area (Å²) in [6.45, 7) is 3.91. The molecule has 3 aromatic rings. The molecule has 3 N–H and O–H groups in total. The Hall–Kier alpha value is -3.74. The number of alkyl halides is 1. The number of nitrogens with zero attached hydrogens (tertiary/aromatic N) is 5. The summed E-state index contributed by atoms with van der Waals surface area (Å²) in [6, 6.07) is 3.45. The van der Waals surface area contributed by atoms with Gasteiger partial charge in [-0.25, -0.2) is 18.7 Å². The van der Waals surface area contributed by atoms with Gasteiger partial charge in [-0.15, -0.1) is 0 Å². The number of anilines is 2. The minimum atomic E-state index is -1.33. The van der Waals surface area contributed by atoms with E-state index in [1.807, 2.05) is 6.92 Å². The number of morpholine rings is 1. The molecule has 4 aliphatic carbocycles. The Morgan fingerprint density at radius 2 is 2.00 bits per heavy atom. The largest absolute Gasteiger partial charge is 0.443 e. The molecular formula is C26H31FN8O4. The van der Waals surface area contributed by atoms with E-state index in [1.165, 1.54) is 0 Å². The number of carbonyl (C=O) groups is 2. The van der Waals surface area contributed by atoms with E-state index in [2.05, 4.69) is 30.9 Å². The molecule has 1 saturated heterocycles. The van der Waals surface area contributed by atoms with Crippen LogP contribution < -0.4 is 10.6 Å². The third-order valence-electron chi connectivity index (χ3n) is 8.50. The second kappa shape index (κ2) is 9.18. The number of carbonyl (C=O) groups excluding carboxylic acids is 2. The Morgan fingerprint density at radius 3 is 2.74 bits per heavy atom. The normalized spacial score (nSPS) is 29.5. The molecule has 0 spiro atoms. The van der Waals surface area contributed by atoms with E-state index in [9.17, 15) is 9.59 Å². The Kier molecular flexibility index (Phi) is 5.72. The molecule has 5 aliphatic rings. The highest BCUT2D eigenvalue weighted by Gasteiger charge is 2.58. The van der Waals surface area contributed by atoms with Gasteiger partial charge in [0.15, 0.2) is 17.3 Å². The summed E-state index contributed by atoms with van der Waals surface area (Å²) in [5.74, 6) is 1.07. The summed E-state index contributed by atoms with van der Waals surface area (Å²) < 4.78 is 27.8. The zero-order chi connectivity index (χ0) is 26.7. The summed E-state index contributed by atoms with van der Waals surface area (Å²) in [4.78, 5) is 31.6. The molecule has 3 atom stereocenters. The second-order valence-corrected chi connectivity index (χ2v) is 11.3. The lowest BCUT2D eigenvalue weighted by molar-refractivity contribution is -0.0532. The first-order chi connectivity index (χ1) is 18.9. The molecule has 4 heterocycles. The Labute approximate surface area is 223 Å². The molecule has 8 rings (SSSR count). The molecule has 13 heteroatoms. The second-order valence-electron chi connectivity index (χ2n) is 11.3. The number of aryl methyl sites for hydroxylation is 1. The minimum absolute atomic E-state index is 0.100. The van der Waals surface area contributed by atoms with E-state index < -0.39 is 24.3 Å². The van der Waals surface area contributed by atoms with Crippen molar-refractivity contribution in [2.75, 3.05) is 31.6 Å². The molecule has 5 fully saturated rings. The smallest absolute Gasteiger partial charge is 0.407 e. The highest BCUT2D eigenvalue weighted by Crippen LogP contribution is 2.57. The number of aromatic amines is 1. The lowest BCUT2D eigenvalue weighted by Gasteiger charge is -2.61. The molecule has 2 amide bonds. The van der Waals surface area contributed by atoms with Crippen molar-refractivity contribution in [3.63, 3.8) is 0 Å². The number of aromatic nitrogens is 5. The average molecular weight is 539 g/mol. The SMILES string of the molecule is Cc1cn2nc(C(=O)N3CCOCC3)cc2c(Nc2cc([C@H]3CC[C@@H](OC(=O)NC45CC(C4)C5)[C@@H]3F)[nH]n2)n1. The molecule has 12 nitrogen and oxygen atoms in total. The van der Waals surface area contributed by atoms with Crippen molar-refractivity contribution in [1.29, 1.82) is 0 Å². The van der Waals surface area contributed by atoms with Crippen LogP contribution in [0, 0.1) is 12.8 Å². The van der Waals surface area contributed by atoms with E-state index in [4.69, 9.17) is 9.47 Å². The van der Waals surface area contributed by atoms with Gasteiger partial charge in [-0.05, 0) is 44.9 Å². The molecule has 0 aromatic carbocycles. The number of alkyl carbamates (subject to hydrolysis) is 1. The molecule has 2 bridgehead atoms. The van der Waals surface area contributed by atoms with Gasteiger partial charge in [0.25, 0.3) is 5.91 Å². The van der Waals surface area contributed by atoms with Crippen LogP contribution in [-0.2, 0) is 9.47 Å². The van der Waals surface area contributed by atoms with E-state index in [0.717, 1.165) is 25.2 Å². The molecule has 0 unspecified atom stereocenters. The van der Waals surface area contributed by atoms with Crippen molar-refractivity contribution in [3.05, 3.63) is 35.4 Å². The summed E-state index contributed by atoms with van der Waals surface area (Å²) in [6.07, 6.45) is 3.13. The van der Waals surface area contributed by atoms with Crippen LogP contribution >= 0.6 is 0 Å². The molecule has 0 radical (unpaired) electrons. The summed E-state index contributed by atoms with van der Waals surface area (Å²) in [7, 11) is 0. The maximum atomic E-state index is 15.3. The van der Waals surface area contributed by atoms with Gasteiger partial charge in [-0.3, -0.25) is 9.89 Å². The van der Waals surface area contributed by atoms with Crippen LogP contribution in [0.3, 0.4) is 0 Å². The number of hydrogen-bond acceptors (Lipinski definition) is 8.